The number of para-hydroxylation sites is 2. The highest BCUT2D eigenvalue weighted by Gasteiger charge is 2.42. The van der Waals surface area contributed by atoms with Gasteiger partial charge in [-0.15, -0.1) is 10.3 Å². The van der Waals surface area contributed by atoms with Crippen molar-refractivity contribution in [3.05, 3.63) is 30.1 Å². The molecule has 0 aliphatic carbocycles. The van der Waals surface area contributed by atoms with Gasteiger partial charge in [-0.2, -0.15) is 0 Å². The van der Waals surface area contributed by atoms with Gasteiger partial charge in [0, 0.05) is 5.54 Å². The number of hydrogen-bond donors (Lipinski definition) is 1. The van der Waals surface area contributed by atoms with Gasteiger partial charge in [-0.25, -0.2) is 4.98 Å². The van der Waals surface area contributed by atoms with Crippen molar-refractivity contribution >= 4 is 11.0 Å². The average Bonchev–Trinajstić information content (AvgIpc) is 2.78. The normalized spacial score (nSPS) is 27.8. The largest absolute Gasteiger partial charge is 0.341 e. The van der Waals surface area contributed by atoms with Crippen molar-refractivity contribution < 1.29 is 5.21 Å². The van der Waals surface area contributed by atoms with Crippen LogP contribution in [0.2, 0.25) is 0 Å². The molecule has 4 heteroatoms. The molecule has 101 valence electrons. The van der Waals surface area contributed by atoms with Crippen molar-refractivity contribution in [1.82, 2.24) is 15.0 Å². The molecule has 1 fully saturated rings. The first-order valence-corrected chi connectivity index (χ1v) is 6.90. The number of fused-ring (bicyclic) bond motifs is 1. The van der Waals surface area contributed by atoms with Gasteiger partial charge in [0.05, 0.1) is 17.1 Å². The van der Waals surface area contributed by atoms with Crippen molar-refractivity contribution in [2.75, 3.05) is 0 Å². The molecule has 1 radical (unpaired) electrons. The molecule has 3 rings (SSSR count). The van der Waals surface area contributed by atoms with Crippen LogP contribution in [0.15, 0.2) is 24.3 Å². The smallest absolute Gasteiger partial charge is 0.127 e. The Hall–Kier alpha value is -1.39. The summed E-state index contributed by atoms with van der Waals surface area (Å²) in [5, 5.41) is 13.8. The summed E-state index contributed by atoms with van der Waals surface area (Å²) in [4.78, 5) is 7.92. The first-order valence-electron chi connectivity index (χ1n) is 6.90. The van der Waals surface area contributed by atoms with E-state index in [9.17, 15) is 5.21 Å². The highest BCUT2D eigenvalue weighted by Crippen LogP contribution is 2.41. The summed E-state index contributed by atoms with van der Waals surface area (Å²) in [7, 11) is 0. The van der Waals surface area contributed by atoms with Gasteiger partial charge in [-0.05, 0) is 44.7 Å². The molecule has 2 unspecified atom stereocenters. The van der Waals surface area contributed by atoms with Crippen LogP contribution in [0, 0.1) is 5.92 Å². The predicted molar refractivity (Wildman–Crippen MR) is 73.8 cm³/mol. The number of rotatable bonds is 1. The molecule has 0 amide bonds. The van der Waals surface area contributed by atoms with Crippen LogP contribution in [0.4, 0.5) is 0 Å². The summed E-state index contributed by atoms with van der Waals surface area (Å²) in [5.74, 6) is 1.13. The standard InChI is InChI=1S/C15H20N3O/c1-10-8-9-15(2,3)18(19)13(10)14-16-11-6-4-5-7-12(11)17-14/h4-7,10,13H,8-9H2,1-3H3,(H,16,17). The molecule has 1 aliphatic rings. The van der Waals surface area contributed by atoms with Crippen LogP contribution in [0.3, 0.4) is 0 Å². The molecule has 0 saturated carbocycles. The Morgan fingerprint density at radius 3 is 2.84 bits per heavy atom. The summed E-state index contributed by atoms with van der Waals surface area (Å²) in [5.41, 5.74) is 1.62. The zero-order chi connectivity index (χ0) is 13.6. The quantitative estimate of drug-likeness (QED) is 0.851. The minimum Gasteiger partial charge on any atom is -0.341 e. The lowest BCUT2D eigenvalue weighted by Gasteiger charge is -2.44. The Bertz CT molecular complexity index is 557. The van der Waals surface area contributed by atoms with Crippen LogP contribution >= 0.6 is 0 Å². The van der Waals surface area contributed by atoms with E-state index in [1.165, 1.54) is 5.06 Å². The molecule has 2 atom stereocenters. The van der Waals surface area contributed by atoms with Gasteiger partial charge < -0.3 is 4.98 Å². The maximum atomic E-state index is 12.6. The van der Waals surface area contributed by atoms with Gasteiger partial charge in [0.25, 0.3) is 0 Å². The molecule has 1 aromatic heterocycles. The van der Waals surface area contributed by atoms with E-state index >= 15 is 0 Å². The predicted octanol–water partition coefficient (Wildman–Crippen LogP) is 3.46. The third kappa shape index (κ3) is 2.05. The number of hydrogen-bond acceptors (Lipinski definition) is 2. The number of benzene rings is 1. The minimum absolute atomic E-state index is 0.170. The number of hydroxylamine groups is 2. The molecule has 1 aliphatic heterocycles. The fourth-order valence-corrected chi connectivity index (χ4v) is 2.95. The van der Waals surface area contributed by atoms with Gasteiger partial charge in [-0.1, -0.05) is 19.1 Å². The van der Waals surface area contributed by atoms with Crippen LogP contribution in [0.25, 0.3) is 11.0 Å². The van der Waals surface area contributed by atoms with Gasteiger partial charge in [0.2, 0.25) is 0 Å². The number of imidazole rings is 1. The van der Waals surface area contributed by atoms with Crippen LogP contribution in [-0.4, -0.2) is 20.6 Å². The molecular weight excluding hydrogens is 238 g/mol. The van der Waals surface area contributed by atoms with Crippen LogP contribution in [0.1, 0.15) is 45.5 Å². The van der Waals surface area contributed by atoms with Crippen LogP contribution < -0.4 is 0 Å². The number of H-pyrrole nitrogens is 1. The second-order valence-electron chi connectivity index (χ2n) is 6.24. The maximum absolute atomic E-state index is 12.6. The van der Waals surface area contributed by atoms with Crippen LogP contribution in [0.5, 0.6) is 0 Å². The summed E-state index contributed by atoms with van der Waals surface area (Å²) in [6.07, 6.45) is 2.00. The number of piperidine rings is 1. The molecule has 2 aromatic rings. The second-order valence-corrected chi connectivity index (χ2v) is 6.24. The Kier molecular flexibility index (Phi) is 2.87. The third-order valence-corrected chi connectivity index (χ3v) is 4.29. The van der Waals surface area contributed by atoms with Crippen molar-refractivity contribution in [2.45, 2.75) is 45.2 Å². The summed E-state index contributed by atoms with van der Waals surface area (Å²) >= 11 is 0. The Labute approximate surface area is 113 Å². The lowest BCUT2D eigenvalue weighted by Crippen LogP contribution is -2.49. The molecule has 19 heavy (non-hydrogen) atoms. The first kappa shape index (κ1) is 12.6. The number of aromatic nitrogens is 2. The maximum Gasteiger partial charge on any atom is 0.127 e. The lowest BCUT2D eigenvalue weighted by molar-refractivity contribution is -0.274. The van der Waals surface area contributed by atoms with Gasteiger partial charge >= 0.3 is 0 Å². The second kappa shape index (κ2) is 4.32. The first-order chi connectivity index (χ1) is 8.99. The fourth-order valence-electron chi connectivity index (χ4n) is 2.95. The number of nitrogens with one attached hydrogen (secondary N) is 1. The van der Waals surface area contributed by atoms with E-state index < -0.39 is 0 Å². The van der Waals surface area contributed by atoms with Gasteiger partial charge in [0.1, 0.15) is 5.82 Å². The number of nitrogens with zero attached hydrogens (tertiary/aromatic N) is 2. The lowest BCUT2D eigenvalue weighted by atomic mass is 9.82. The third-order valence-electron chi connectivity index (χ3n) is 4.29. The minimum atomic E-state index is -0.309. The van der Waals surface area contributed by atoms with Crippen LogP contribution in [-0.2, 0) is 5.21 Å². The number of aromatic amines is 1. The van der Waals surface area contributed by atoms with Crippen molar-refractivity contribution in [3.63, 3.8) is 0 Å². The highest BCUT2D eigenvalue weighted by atomic mass is 16.5. The molecule has 0 bridgehead atoms. The van der Waals surface area contributed by atoms with Gasteiger partial charge in [-0.3, -0.25) is 0 Å². The van der Waals surface area contributed by atoms with E-state index in [1.807, 2.05) is 38.1 Å². The topological polar surface area (TPSA) is 51.8 Å². The zero-order valence-electron chi connectivity index (χ0n) is 11.7. The monoisotopic (exact) mass is 258 g/mol. The van der Waals surface area contributed by atoms with Crippen molar-refractivity contribution in [2.24, 2.45) is 5.92 Å². The van der Waals surface area contributed by atoms with Crippen molar-refractivity contribution in [3.8, 4) is 0 Å². The summed E-state index contributed by atoms with van der Waals surface area (Å²) < 4.78 is 0. The Morgan fingerprint density at radius 1 is 1.37 bits per heavy atom. The molecular formula is C15H20N3O. The van der Waals surface area contributed by atoms with E-state index in [2.05, 4.69) is 16.9 Å². The molecule has 0 spiro atoms. The van der Waals surface area contributed by atoms with E-state index in [-0.39, 0.29) is 11.6 Å². The average molecular weight is 258 g/mol. The van der Waals surface area contributed by atoms with E-state index in [4.69, 9.17) is 0 Å². The Morgan fingerprint density at radius 2 is 2.11 bits per heavy atom. The highest BCUT2D eigenvalue weighted by molar-refractivity contribution is 5.74. The molecule has 4 nitrogen and oxygen atoms in total. The fraction of sp³-hybridized carbons (Fsp3) is 0.533. The van der Waals surface area contributed by atoms with Crippen molar-refractivity contribution in [1.29, 1.82) is 0 Å². The molecule has 1 saturated heterocycles. The van der Waals surface area contributed by atoms with E-state index in [0.29, 0.717) is 5.92 Å². The molecule has 1 aromatic carbocycles. The molecule has 2 heterocycles. The Balaban J connectivity index is 2.03. The zero-order valence-corrected chi connectivity index (χ0v) is 11.7. The summed E-state index contributed by atoms with van der Waals surface area (Å²) in [6, 6.07) is 7.75. The SMILES string of the molecule is CC1CCC(C)(C)N([O])C1c1nc2ccccc2[nH]1. The van der Waals surface area contributed by atoms with E-state index in [1.54, 1.807) is 0 Å². The summed E-state index contributed by atoms with van der Waals surface area (Å²) in [6.45, 7) is 6.17. The molecule has 1 N–H and O–H groups in total. The van der Waals surface area contributed by atoms with Gasteiger partial charge in [0.15, 0.2) is 0 Å². The van der Waals surface area contributed by atoms with E-state index in [0.717, 1.165) is 29.7 Å².